The van der Waals surface area contributed by atoms with Crippen molar-refractivity contribution in [1.82, 2.24) is 15.8 Å². The van der Waals surface area contributed by atoms with Gasteiger partial charge in [0, 0.05) is 29.1 Å². The Morgan fingerprint density at radius 2 is 1.86 bits per heavy atom. The average molecular weight is 409 g/mol. The first-order valence-corrected chi connectivity index (χ1v) is 9.41. The Hall–Kier alpha value is -3.45. The van der Waals surface area contributed by atoms with E-state index in [1.807, 2.05) is 18.2 Å². The van der Waals surface area contributed by atoms with E-state index in [4.69, 9.17) is 11.6 Å². The minimum Gasteiger partial charge on any atom is -0.312 e. The molecule has 29 heavy (non-hydrogen) atoms. The number of rotatable bonds is 3. The summed E-state index contributed by atoms with van der Waals surface area (Å²) in [6.07, 6.45) is 0.0580. The zero-order valence-electron chi connectivity index (χ0n) is 15.3. The maximum absolute atomic E-state index is 12.4. The number of benzene rings is 2. The van der Waals surface area contributed by atoms with Gasteiger partial charge in [-0.3, -0.25) is 25.2 Å². The minimum absolute atomic E-state index is 0.0580. The number of para-hydroxylation sites is 1. The van der Waals surface area contributed by atoms with Gasteiger partial charge in [0.15, 0.2) is 0 Å². The topological polar surface area (TPSA) is 91.4 Å². The average Bonchev–Trinajstić information content (AvgIpc) is 3.13. The van der Waals surface area contributed by atoms with Gasteiger partial charge in [0.1, 0.15) is 5.69 Å². The lowest BCUT2D eigenvalue weighted by Crippen LogP contribution is -2.45. The summed E-state index contributed by atoms with van der Waals surface area (Å²) in [5, 5.41) is 1.43. The van der Waals surface area contributed by atoms with Crippen molar-refractivity contribution in [2.45, 2.75) is 6.42 Å². The first-order valence-electron chi connectivity index (χ1n) is 9.03. The van der Waals surface area contributed by atoms with Crippen molar-refractivity contribution >= 4 is 45.9 Å². The highest BCUT2D eigenvalue weighted by Crippen LogP contribution is 2.27. The zero-order valence-corrected chi connectivity index (χ0v) is 16.0. The number of hydrogen-bond acceptors (Lipinski definition) is 4. The van der Waals surface area contributed by atoms with E-state index < -0.39 is 17.7 Å². The molecule has 0 bridgehead atoms. The van der Waals surface area contributed by atoms with E-state index in [2.05, 4.69) is 15.8 Å². The van der Waals surface area contributed by atoms with Crippen molar-refractivity contribution in [2.75, 3.05) is 11.4 Å². The first kappa shape index (κ1) is 18.9. The van der Waals surface area contributed by atoms with Crippen LogP contribution in [0.3, 0.4) is 0 Å². The van der Waals surface area contributed by atoms with E-state index in [0.29, 0.717) is 16.2 Å². The van der Waals surface area contributed by atoms with Crippen LogP contribution < -0.4 is 15.8 Å². The Labute approximate surface area is 171 Å². The minimum atomic E-state index is -0.577. The predicted octanol–water partition coefficient (Wildman–Crippen LogP) is 2.70. The molecule has 1 atom stereocenters. The van der Waals surface area contributed by atoms with Gasteiger partial charge in [-0.25, -0.2) is 4.98 Å². The van der Waals surface area contributed by atoms with Gasteiger partial charge < -0.3 is 4.90 Å². The largest absolute Gasteiger partial charge is 0.312 e. The van der Waals surface area contributed by atoms with Gasteiger partial charge in [0.2, 0.25) is 11.8 Å². The number of hydrogen-bond donors (Lipinski definition) is 2. The van der Waals surface area contributed by atoms with E-state index in [9.17, 15) is 14.4 Å². The number of carbonyl (C=O) groups excluding carboxylic acids is 3. The molecule has 3 aromatic rings. The third-order valence-corrected chi connectivity index (χ3v) is 4.98. The lowest BCUT2D eigenvalue weighted by Gasteiger charge is -2.17. The smallest absolute Gasteiger partial charge is 0.288 e. The van der Waals surface area contributed by atoms with Crippen molar-refractivity contribution in [3.8, 4) is 0 Å². The highest BCUT2D eigenvalue weighted by molar-refractivity contribution is 6.31. The molecule has 3 amide bonds. The molecule has 4 rings (SSSR count). The van der Waals surface area contributed by atoms with E-state index in [-0.39, 0.29) is 24.6 Å². The maximum Gasteiger partial charge on any atom is 0.288 e. The third-order valence-electron chi connectivity index (χ3n) is 4.75. The Bertz CT molecular complexity index is 1120. The fourth-order valence-electron chi connectivity index (χ4n) is 3.25. The molecule has 7 nitrogen and oxygen atoms in total. The Balaban J connectivity index is 1.38. The van der Waals surface area contributed by atoms with Crippen LogP contribution in [0.15, 0.2) is 60.7 Å². The molecule has 0 spiro atoms. The summed E-state index contributed by atoms with van der Waals surface area (Å²) < 4.78 is 0. The molecule has 2 aromatic carbocycles. The first-order chi connectivity index (χ1) is 14.0. The number of nitrogens with zero attached hydrogens (tertiary/aromatic N) is 2. The Morgan fingerprint density at radius 3 is 2.69 bits per heavy atom. The molecule has 1 saturated heterocycles. The number of nitrogens with one attached hydrogen (secondary N) is 2. The molecule has 2 N–H and O–H groups in total. The van der Waals surface area contributed by atoms with Crippen LogP contribution in [0, 0.1) is 5.92 Å². The molecule has 0 saturated carbocycles. The summed E-state index contributed by atoms with van der Waals surface area (Å²) in [5.41, 5.74) is 6.27. The summed E-state index contributed by atoms with van der Waals surface area (Å²) in [4.78, 5) is 42.8. The molecule has 0 radical (unpaired) electrons. The van der Waals surface area contributed by atoms with E-state index in [0.717, 1.165) is 5.39 Å². The summed E-state index contributed by atoms with van der Waals surface area (Å²) in [6.45, 7) is 0.217. The molecule has 146 valence electrons. The van der Waals surface area contributed by atoms with Crippen LogP contribution >= 0.6 is 11.6 Å². The van der Waals surface area contributed by atoms with Crippen LogP contribution in [0.2, 0.25) is 5.02 Å². The Kier molecular flexibility index (Phi) is 5.14. The summed E-state index contributed by atoms with van der Waals surface area (Å²) in [7, 11) is 0. The number of halogens is 1. The highest BCUT2D eigenvalue weighted by Gasteiger charge is 2.35. The molecular weight excluding hydrogens is 392 g/mol. The third kappa shape index (κ3) is 4.05. The molecule has 1 aliphatic rings. The number of fused-ring (bicyclic) bond motifs is 1. The fraction of sp³-hybridized carbons (Fsp3) is 0.143. The van der Waals surface area contributed by atoms with Crippen molar-refractivity contribution < 1.29 is 14.4 Å². The normalized spacial score (nSPS) is 16.1. The van der Waals surface area contributed by atoms with Gasteiger partial charge >= 0.3 is 0 Å². The van der Waals surface area contributed by atoms with Gasteiger partial charge in [-0.15, -0.1) is 0 Å². The molecule has 2 heterocycles. The second-order valence-electron chi connectivity index (χ2n) is 6.72. The summed E-state index contributed by atoms with van der Waals surface area (Å²) in [6, 6.07) is 17.7. The predicted molar refractivity (Wildman–Crippen MR) is 109 cm³/mol. The van der Waals surface area contributed by atoms with Crippen LogP contribution in [-0.4, -0.2) is 29.3 Å². The Morgan fingerprint density at radius 1 is 1.03 bits per heavy atom. The lowest BCUT2D eigenvalue weighted by molar-refractivity contribution is -0.126. The van der Waals surface area contributed by atoms with E-state index in [1.54, 1.807) is 42.5 Å². The monoisotopic (exact) mass is 408 g/mol. The quantitative estimate of drug-likeness (QED) is 0.652. The maximum atomic E-state index is 12.4. The number of hydrazine groups is 1. The van der Waals surface area contributed by atoms with Gasteiger partial charge in [-0.05, 0) is 30.3 Å². The molecular formula is C21H17ClN4O3. The van der Waals surface area contributed by atoms with Crippen LogP contribution in [0.4, 0.5) is 5.69 Å². The van der Waals surface area contributed by atoms with Crippen LogP contribution in [0.1, 0.15) is 16.9 Å². The molecule has 1 aromatic heterocycles. The number of aromatic nitrogens is 1. The zero-order chi connectivity index (χ0) is 20.4. The second kappa shape index (κ2) is 7.89. The fourth-order valence-corrected chi connectivity index (χ4v) is 3.44. The van der Waals surface area contributed by atoms with Crippen LogP contribution in [0.25, 0.3) is 10.9 Å². The van der Waals surface area contributed by atoms with Gasteiger partial charge in [-0.1, -0.05) is 41.9 Å². The van der Waals surface area contributed by atoms with Gasteiger partial charge in [0.05, 0.1) is 11.4 Å². The standard InChI is InChI=1S/C21H17ClN4O3/c22-15-5-3-6-16(11-15)26-12-14(10-19(26)27)20(28)24-25-21(29)18-9-8-13-4-1-2-7-17(13)23-18/h1-9,11,14H,10,12H2,(H,24,28)(H,25,29)/t14-/m1/s1. The van der Waals surface area contributed by atoms with Gasteiger partial charge in [0.25, 0.3) is 5.91 Å². The number of anilines is 1. The van der Waals surface area contributed by atoms with Crippen LogP contribution in [0.5, 0.6) is 0 Å². The van der Waals surface area contributed by atoms with Crippen LogP contribution in [-0.2, 0) is 9.59 Å². The van der Waals surface area contributed by atoms with E-state index >= 15 is 0 Å². The van der Waals surface area contributed by atoms with Crippen molar-refractivity contribution in [1.29, 1.82) is 0 Å². The number of pyridine rings is 1. The molecule has 1 fully saturated rings. The molecule has 8 heteroatoms. The van der Waals surface area contributed by atoms with Crippen molar-refractivity contribution in [3.05, 3.63) is 71.4 Å². The molecule has 1 aliphatic heterocycles. The number of carbonyl (C=O) groups is 3. The lowest BCUT2D eigenvalue weighted by atomic mass is 10.1. The van der Waals surface area contributed by atoms with E-state index in [1.165, 1.54) is 4.90 Å². The summed E-state index contributed by atoms with van der Waals surface area (Å²) in [5.74, 6) is -1.71. The highest BCUT2D eigenvalue weighted by atomic mass is 35.5. The number of amides is 3. The SMILES string of the molecule is O=C(NNC(=O)[C@@H]1CC(=O)N(c2cccc(Cl)c2)C1)c1ccc2ccccc2n1. The van der Waals surface area contributed by atoms with Crippen molar-refractivity contribution in [3.63, 3.8) is 0 Å². The van der Waals surface area contributed by atoms with Crippen molar-refractivity contribution in [2.24, 2.45) is 5.92 Å². The van der Waals surface area contributed by atoms with Gasteiger partial charge in [-0.2, -0.15) is 0 Å². The summed E-state index contributed by atoms with van der Waals surface area (Å²) >= 11 is 5.98. The molecule has 0 aliphatic carbocycles. The second-order valence-corrected chi connectivity index (χ2v) is 7.15. The molecule has 0 unspecified atom stereocenters.